The highest BCUT2D eigenvalue weighted by Crippen LogP contribution is 2.20. The minimum atomic E-state index is 0.0556. The van der Waals surface area contributed by atoms with Gasteiger partial charge in [-0.3, -0.25) is 4.90 Å². The van der Waals surface area contributed by atoms with Crippen molar-refractivity contribution in [1.82, 2.24) is 4.90 Å². The van der Waals surface area contributed by atoms with Crippen molar-refractivity contribution in [2.45, 2.75) is 19.4 Å². The smallest absolute Gasteiger partial charge is 0.180 e. The average molecular weight is 134 g/mol. The second-order valence-corrected chi connectivity index (χ2v) is 2.78. The summed E-state index contributed by atoms with van der Waals surface area (Å²) in [7, 11) is 0. The molecule has 0 spiro atoms. The number of terminal acetylenes is 1. The predicted octanol–water partition coefficient (Wildman–Crippen LogP) is 0.811. The zero-order valence-corrected chi connectivity index (χ0v) is 6.04. The molecular formula is C8H10N2. The normalized spacial score (nSPS) is 31.3. The molecule has 0 unspecified atom stereocenters. The van der Waals surface area contributed by atoms with Gasteiger partial charge in [0.1, 0.15) is 0 Å². The first-order valence-electron chi connectivity index (χ1n) is 3.40. The van der Waals surface area contributed by atoms with Crippen molar-refractivity contribution < 1.29 is 0 Å². The summed E-state index contributed by atoms with van der Waals surface area (Å²) in [6.45, 7) is 2.94. The van der Waals surface area contributed by atoms with Crippen LogP contribution < -0.4 is 0 Å². The van der Waals surface area contributed by atoms with E-state index >= 15 is 0 Å². The zero-order valence-electron chi connectivity index (χ0n) is 6.04. The summed E-state index contributed by atoms with van der Waals surface area (Å²) in [5.74, 6) is 3.17. The van der Waals surface area contributed by atoms with E-state index in [1.54, 1.807) is 4.90 Å². The Morgan fingerprint density at radius 1 is 1.70 bits per heavy atom. The third-order valence-corrected chi connectivity index (χ3v) is 1.83. The molecule has 0 aromatic heterocycles. The van der Waals surface area contributed by atoms with E-state index in [-0.39, 0.29) is 6.04 Å². The lowest BCUT2D eigenvalue weighted by molar-refractivity contribution is 0.420. The third kappa shape index (κ3) is 1.06. The molecule has 1 aliphatic rings. The maximum atomic E-state index is 8.57. The van der Waals surface area contributed by atoms with Gasteiger partial charge in [-0.15, -0.1) is 6.42 Å². The van der Waals surface area contributed by atoms with E-state index < -0.39 is 0 Å². The molecule has 1 aliphatic heterocycles. The molecule has 0 aromatic rings. The van der Waals surface area contributed by atoms with Crippen LogP contribution in [0.1, 0.15) is 13.3 Å². The first-order chi connectivity index (χ1) is 4.77. The average Bonchev–Trinajstić information content (AvgIpc) is 2.30. The minimum Gasteiger partial charge on any atom is -0.296 e. The fraction of sp³-hybridized carbons (Fsp3) is 0.625. The molecule has 2 heteroatoms. The summed E-state index contributed by atoms with van der Waals surface area (Å²) in [5.41, 5.74) is 0. The van der Waals surface area contributed by atoms with Crippen molar-refractivity contribution in [2.75, 3.05) is 6.54 Å². The number of hydrogen-bond donors (Lipinski definition) is 0. The van der Waals surface area contributed by atoms with E-state index in [4.69, 9.17) is 11.7 Å². The van der Waals surface area contributed by atoms with Gasteiger partial charge in [-0.2, -0.15) is 5.26 Å². The number of hydrogen-bond acceptors (Lipinski definition) is 2. The Balaban J connectivity index is 2.62. The SMILES string of the molecule is C#C[C@@H]1C[C@@H](C)CN1C#N. The van der Waals surface area contributed by atoms with E-state index in [1.807, 2.05) is 0 Å². The highest BCUT2D eigenvalue weighted by atomic mass is 15.2. The maximum absolute atomic E-state index is 8.57. The summed E-state index contributed by atoms with van der Waals surface area (Å²) in [5, 5.41) is 8.57. The van der Waals surface area contributed by atoms with E-state index in [1.165, 1.54) is 0 Å². The highest BCUT2D eigenvalue weighted by Gasteiger charge is 2.26. The van der Waals surface area contributed by atoms with Crippen LogP contribution in [0.15, 0.2) is 0 Å². The Labute approximate surface area is 61.4 Å². The Morgan fingerprint density at radius 3 is 2.80 bits per heavy atom. The highest BCUT2D eigenvalue weighted by molar-refractivity contribution is 5.07. The second-order valence-electron chi connectivity index (χ2n) is 2.78. The van der Waals surface area contributed by atoms with Crippen LogP contribution in [0, 0.1) is 29.7 Å². The van der Waals surface area contributed by atoms with Gasteiger partial charge in [0.2, 0.25) is 0 Å². The van der Waals surface area contributed by atoms with Crippen LogP contribution in [0.3, 0.4) is 0 Å². The molecule has 0 aromatic carbocycles. The molecule has 52 valence electrons. The summed E-state index contributed by atoms with van der Waals surface area (Å²) in [4.78, 5) is 1.67. The lowest BCUT2D eigenvalue weighted by Gasteiger charge is -2.10. The van der Waals surface area contributed by atoms with Gasteiger partial charge in [0, 0.05) is 6.54 Å². The molecule has 10 heavy (non-hydrogen) atoms. The van der Waals surface area contributed by atoms with E-state index in [0.717, 1.165) is 13.0 Å². The lowest BCUT2D eigenvalue weighted by atomic mass is 10.1. The molecule has 1 rings (SSSR count). The van der Waals surface area contributed by atoms with Crippen LogP contribution in [0.4, 0.5) is 0 Å². The Kier molecular flexibility index (Phi) is 1.83. The van der Waals surface area contributed by atoms with Crippen LogP contribution in [-0.2, 0) is 0 Å². The molecule has 0 N–H and O–H groups in total. The third-order valence-electron chi connectivity index (χ3n) is 1.83. The van der Waals surface area contributed by atoms with E-state index in [9.17, 15) is 0 Å². The number of likely N-dealkylation sites (tertiary alicyclic amines) is 1. The van der Waals surface area contributed by atoms with Crippen LogP contribution >= 0.6 is 0 Å². The van der Waals surface area contributed by atoms with Gasteiger partial charge in [-0.25, -0.2) is 0 Å². The van der Waals surface area contributed by atoms with Gasteiger partial charge in [-0.05, 0) is 12.3 Å². The number of nitriles is 1. The molecular weight excluding hydrogens is 124 g/mol. The van der Waals surface area contributed by atoms with Gasteiger partial charge in [0.25, 0.3) is 0 Å². The lowest BCUT2D eigenvalue weighted by Crippen LogP contribution is -2.22. The summed E-state index contributed by atoms with van der Waals surface area (Å²) in [6, 6.07) is 0.0556. The zero-order chi connectivity index (χ0) is 7.56. The van der Waals surface area contributed by atoms with Crippen molar-refractivity contribution in [1.29, 1.82) is 5.26 Å². The van der Waals surface area contributed by atoms with Gasteiger partial charge in [0.15, 0.2) is 6.19 Å². The van der Waals surface area contributed by atoms with Crippen LogP contribution in [0.5, 0.6) is 0 Å². The number of nitrogens with zero attached hydrogens (tertiary/aromatic N) is 2. The first-order valence-corrected chi connectivity index (χ1v) is 3.40. The fourth-order valence-corrected chi connectivity index (χ4v) is 1.31. The van der Waals surface area contributed by atoms with Gasteiger partial charge in [0.05, 0.1) is 6.04 Å². The standard InChI is InChI=1S/C8H10N2/c1-3-8-4-7(2)5-10(8)6-9/h1,7-8H,4-5H2,2H3/t7-,8-/m1/s1. The fourth-order valence-electron chi connectivity index (χ4n) is 1.31. The van der Waals surface area contributed by atoms with Crippen molar-refractivity contribution in [2.24, 2.45) is 5.92 Å². The van der Waals surface area contributed by atoms with Crippen LogP contribution in [0.25, 0.3) is 0 Å². The van der Waals surface area contributed by atoms with Crippen molar-refractivity contribution in [3.63, 3.8) is 0 Å². The van der Waals surface area contributed by atoms with Crippen molar-refractivity contribution in [3.05, 3.63) is 0 Å². The maximum Gasteiger partial charge on any atom is 0.180 e. The molecule has 0 saturated carbocycles. The molecule has 0 radical (unpaired) electrons. The molecule has 0 aliphatic carbocycles. The van der Waals surface area contributed by atoms with E-state index in [2.05, 4.69) is 19.0 Å². The molecule has 1 fully saturated rings. The Hall–Kier alpha value is -1.15. The van der Waals surface area contributed by atoms with Crippen molar-refractivity contribution in [3.8, 4) is 18.5 Å². The van der Waals surface area contributed by atoms with Gasteiger partial charge >= 0.3 is 0 Å². The summed E-state index contributed by atoms with van der Waals surface area (Å²) < 4.78 is 0. The number of rotatable bonds is 0. The molecule has 0 amide bonds. The quantitative estimate of drug-likeness (QED) is 0.362. The molecule has 1 heterocycles. The van der Waals surface area contributed by atoms with Gasteiger partial charge in [-0.1, -0.05) is 12.8 Å². The van der Waals surface area contributed by atoms with Crippen LogP contribution in [0.2, 0.25) is 0 Å². The molecule has 2 atom stereocenters. The summed E-state index contributed by atoms with van der Waals surface area (Å²) in [6.07, 6.45) is 8.27. The molecule has 0 bridgehead atoms. The van der Waals surface area contributed by atoms with Gasteiger partial charge < -0.3 is 0 Å². The van der Waals surface area contributed by atoms with Crippen LogP contribution in [-0.4, -0.2) is 17.5 Å². The monoisotopic (exact) mass is 134 g/mol. The Morgan fingerprint density at radius 2 is 2.40 bits per heavy atom. The predicted molar refractivity (Wildman–Crippen MR) is 38.7 cm³/mol. The topological polar surface area (TPSA) is 27.0 Å². The largest absolute Gasteiger partial charge is 0.296 e. The minimum absolute atomic E-state index is 0.0556. The Bertz CT molecular complexity index is 174. The van der Waals surface area contributed by atoms with Crippen molar-refractivity contribution >= 4 is 0 Å². The summed E-state index contributed by atoms with van der Waals surface area (Å²) >= 11 is 0. The molecule has 2 nitrogen and oxygen atoms in total. The second kappa shape index (κ2) is 2.62. The molecule has 1 saturated heterocycles. The first kappa shape index (κ1) is 6.96. The van der Waals surface area contributed by atoms with E-state index in [0.29, 0.717) is 5.92 Å².